The van der Waals surface area contributed by atoms with Crippen molar-refractivity contribution in [1.82, 2.24) is 9.97 Å². The Bertz CT molecular complexity index is 677. The first kappa shape index (κ1) is 14.1. The van der Waals surface area contributed by atoms with Gasteiger partial charge >= 0.3 is 0 Å². The molecule has 0 bridgehead atoms. The lowest BCUT2D eigenvalue weighted by Gasteiger charge is -2.08. The van der Waals surface area contributed by atoms with Crippen LogP contribution in [0.15, 0.2) is 23.0 Å². The minimum atomic E-state index is -0.289. The fourth-order valence-electron chi connectivity index (χ4n) is 2.12. The molecule has 2 rings (SSSR count). The van der Waals surface area contributed by atoms with Crippen LogP contribution in [0.5, 0.6) is 11.6 Å². The molecule has 0 amide bonds. The fourth-order valence-corrected chi connectivity index (χ4v) is 2.12. The number of benzene rings is 1. The molecule has 1 heterocycles. The number of aromatic nitrogens is 2. The highest BCUT2D eigenvalue weighted by molar-refractivity contribution is 5.59. The van der Waals surface area contributed by atoms with E-state index >= 15 is 0 Å². The topological polar surface area (TPSA) is 75.2 Å². The Balaban J connectivity index is 2.48. The third kappa shape index (κ3) is 2.66. The van der Waals surface area contributed by atoms with Crippen LogP contribution < -0.4 is 10.3 Å². The second-order valence-electron chi connectivity index (χ2n) is 4.65. The van der Waals surface area contributed by atoms with E-state index in [1.807, 2.05) is 26.0 Å². The van der Waals surface area contributed by atoms with Crippen molar-refractivity contribution in [2.45, 2.75) is 26.7 Å². The lowest BCUT2D eigenvalue weighted by molar-refractivity contribution is 0.412. The van der Waals surface area contributed by atoms with Gasteiger partial charge in [-0.3, -0.25) is 4.79 Å². The van der Waals surface area contributed by atoms with Crippen molar-refractivity contribution in [3.8, 4) is 23.0 Å². The number of nitrogens with zero attached hydrogens (tertiary/aromatic N) is 1. The van der Waals surface area contributed by atoms with Gasteiger partial charge in [-0.05, 0) is 37.1 Å². The molecule has 2 N–H and O–H groups in total. The summed E-state index contributed by atoms with van der Waals surface area (Å²) >= 11 is 0. The van der Waals surface area contributed by atoms with Crippen LogP contribution in [0.3, 0.4) is 0 Å². The molecule has 0 unspecified atom stereocenters. The van der Waals surface area contributed by atoms with Gasteiger partial charge in [-0.15, -0.1) is 0 Å². The Morgan fingerprint density at radius 3 is 2.70 bits per heavy atom. The number of ether oxygens (including phenoxy) is 1. The van der Waals surface area contributed by atoms with E-state index in [1.54, 1.807) is 13.2 Å². The first-order valence-corrected chi connectivity index (χ1v) is 6.54. The van der Waals surface area contributed by atoms with Crippen molar-refractivity contribution >= 4 is 0 Å². The standard InChI is InChI=1S/C15H18N2O3/c1-4-5-11-14(18)16-13(17-15(11)19)10-6-7-12(20-3)9(2)8-10/h6-8H,4-5H2,1-3H3,(H2,16,17,18,19). The molecule has 1 aromatic carbocycles. The van der Waals surface area contributed by atoms with Crippen molar-refractivity contribution in [2.75, 3.05) is 7.11 Å². The number of rotatable bonds is 4. The van der Waals surface area contributed by atoms with Crippen LogP contribution >= 0.6 is 0 Å². The SMILES string of the molecule is CCCc1c(O)nc(-c2ccc(OC)c(C)c2)[nH]c1=O. The van der Waals surface area contributed by atoms with E-state index in [0.717, 1.165) is 23.3 Å². The fraction of sp³-hybridized carbons (Fsp3) is 0.333. The van der Waals surface area contributed by atoms with Crippen LogP contribution in [0, 0.1) is 6.92 Å². The third-order valence-corrected chi connectivity index (χ3v) is 3.16. The molecule has 5 heteroatoms. The van der Waals surface area contributed by atoms with Gasteiger partial charge in [0.25, 0.3) is 5.56 Å². The predicted molar refractivity (Wildman–Crippen MR) is 77.2 cm³/mol. The predicted octanol–water partition coefficient (Wildman–Crippen LogP) is 2.41. The molecule has 0 spiro atoms. The average Bonchev–Trinajstić information content (AvgIpc) is 2.42. The summed E-state index contributed by atoms with van der Waals surface area (Å²) in [5, 5.41) is 9.88. The van der Waals surface area contributed by atoms with Crippen molar-refractivity contribution in [2.24, 2.45) is 0 Å². The smallest absolute Gasteiger partial charge is 0.258 e. The average molecular weight is 274 g/mol. The number of aryl methyl sites for hydroxylation is 1. The summed E-state index contributed by atoms with van der Waals surface area (Å²) < 4.78 is 5.19. The lowest BCUT2D eigenvalue weighted by atomic mass is 10.1. The minimum Gasteiger partial charge on any atom is -0.496 e. The quantitative estimate of drug-likeness (QED) is 0.897. The molecule has 0 saturated carbocycles. The molecule has 0 fully saturated rings. The van der Waals surface area contributed by atoms with E-state index in [-0.39, 0.29) is 11.4 Å². The Morgan fingerprint density at radius 1 is 1.40 bits per heavy atom. The van der Waals surface area contributed by atoms with E-state index in [1.165, 1.54) is 0 Å². The van der Waals surface area contributed by atoms with Gasteiger partial charge in [-0.2, -0.15) is 4.98 Å². The summed E-state index contributed by atoms with van der Waals surface area (Å²) in [5.41, 5.74) is 1.72. The lowest BCUT2D eigenvalue weighted by Crippen LogP contribution is -2.15. The maximum atomic E-state index is 12.0. The molecule has 1 aromatic heterocycles. The highest BCUT2D eigenvalue weighted by Crippen LogP contribution is 2.24. The highest BCUT2D eigenvalue weighted by Gasteiger charge is 2.11. The van der Waals surface area contributed by atoms with E-state index in [2.05, 4.69) is 9.97 Å². The largest absolute Gasteiger partial charge is 0.496 e. The number of hydrogen-bond acceptors (Lipinski definition) is 4. The normalized spacial score (nSPS) is 10.6. The van der Waals surface area contributed by atoms with Crippen LogP contribution in [0.2, 0.25) is 0 Å². The first-order valence-electron chi connectivity index (χ1n) is 6.54. The zero-order valence-electron chi connectivity index (χ0n) is 11.9. The maximum Gasteiger partial charge on any atom is 0.258 e. The summed E-state index contributed by atoms with van der Waals surface area (Å²) in [7, 11) is 1.60. The summed E-state index contributed by atoms with van der Waals surface area (Å²) in [4.78, 5) is 18.7. The van der Waals surface area contributed by atoms with Crippen molar-refractivity contribution in [3.63, 3.8) is 0 Å². The number of H-pyrrole nitrogens is 1. The van der Waals surface area contributed by atoms with Gasteiger partial charge in [0.05, 0.1) is 12.7 Å². The number of methoxy groups -OCH3 is 1. The molecular formula is C15H18N2O3. The van der Waals surface area contributed by atoms with Gasteiger partial charge in [0.1, 0.15) is 11.6 Å². The van der Waals surface area contributed by atoms with Gasteiger partial charge < -0.3 is 14.8 Å². The summed E-state index contributed by atoms with van der Waals surface area (Å²) in [6, 6.07) is 5.46. The Hall–Kier alpha value is -2.30. The van der Waals surface area contributed by atoms with Gasteiger partial charge in [0, 0.05) is 5.56 Å². The second kappa shape index (κ2) is 5.77. The number of aromatic amines is 1. The summed E-state index contributed by atoms with van der Waals surface area (Å²) in [5.74, 6) is 0.931. The molecule has 0 saturated heterocycles. The Kier molecular flexibility index (Phi) is 4.08. The van der Waals surface area contributed by atoms with Crippen LogP contribution in [-0.4, -0.2) is 22.2 Å². The second-order valence-corrected chi connectivity index (χ2v) is 4.65. The summed E-state index contributed by atoms with van der Waals surface area (Å²) in [6.45, 7) is 3.85. The zero-order chi connectivity index (χ0) is 14.7. The van der Waals surface area contributed by atoms with Gasteiger partial charge in [-0.1, -0.05) is 13.3 Å². The van der Waals surface area contributed by atoms with Crippen molar-refractivity contribution in [3.05, 3.63) is 39.7 Å². The molecular weight excluding hydrogens is 256 g/mol. The van der Waals surface area contributed by atoms with E-state index in [9.17, 15) is 9.90 Å². The zero-order valence-corrected chi connectivity index (χ0v) is 11.9. The molecule has 0 aliphatic rings. The number of aromatic hydroxyl groups is 1. The molecule has 2 aromatic rings. The molecule has 0 aliphatic heterocycles. The molecule has 5 nitrogen and oxygen atoms in total. The Morgan fingerprint density at radius 2 is 2.15 bits per heavy atom. The monoisotopic (exact) mass is 274 g/mol. The van der Waals surface area contributed by atoms with Gasteiger partial charge in [0.15, 0.2) is 0 Å². The van der Waals surface area contributed by atoms with Crippen LogP contribution in [-0.2, 0) is 6.42 Å². The summed E-state index contributed by atoms with van der Waals surface area (Å²) in [6.07, 6.45) is 1.29. The molecule has 20 heavy (non-hydrogen) atoms. The first-order chi connectivity index (χ1) is 9.56. The van der Waals surface area contributed by atoms with Gasteiger partial charge in [-0.25, -0.2) is 0 Å². The molecule has 0 radical (unpaired) electrons. The molecule has 106 valence electrons. The Labute approximate surface area is 117 Å². The van der Waals surface area contributed by atoms with Crippen LogP contribution in [0.1, 0.15) is 24.5 Å². The maximum absolute atomic E-state index is 12.0. The van der Waals surface area contributed by atoms with Crippen molar-refractivity contribution in [1.29, 1.82) is 0 Å². The van der Waals surface area contributed by atoms with Crippen LogP contribution in [0.25, 0.3) is 11.4 Å². The van der Waals surface area contributed by atoms with E-state index < -0.39 is 0 Å². The van der Waals surface area contributed by atoms with Gasteiger partial charge in [0.2, 0.25) is 5.88 Å². The van der Waals surface area contributed by atoms with Crippen molar-refractivity contribution < 1.29 is 9.84 Å². The van der Waals surface area contributed by atoms with Crippen LogP contribution in [0.4, 0.5) is 0 Å². The minimum absolute atomic E-state index is 0.195. The molecule has 0 atom stereocenters. The number of nitrogens with one attached hydrogen (secondary N) is 1. The van der Waals surface area contributed by atoms with E-state index in [0.29, 0.717) is 17.8 Å². The number of hydrogen-bond donors (Lipinski definition) is 2. The molecule has 0 aliphatic carbocycles. The van der Waals surface area contributed by atoms with E-state index in [4.69, 9.17) is 4.74 Å². The third-order valence-electron chi connectivity index (χ3n) is 3.16. The highest BCUT2D eigenvalue weighted by atomic mass is 16.5.